The highest BCUT2D eigenvalue weighted by Crippen LogP contribution is 2.37. The average Bonchev–Trinajstić information content (AvgIpc) is 3.78. The summed E-state index contributed by atoms with van der Waals surface area (Å²) in [7, 11) is 0. The number of nitrogens with zero attached hydrogens (tertiary/aromatic N) is 6. The number of aliphatic hydroxyl groups is 1. The van der Waals surface area contributed by atoms with Crippen LogP contribution >= 0.6 is 22.7 Å². The van der Waals surface area contributed by atoms with Gasteiger partial charge in [-0.25, -0.2) is 15.0 Å². The second kappa shape index (κ2) is 12.3. The normalized spacial score (nSPS) is 19.9. The Bertz CT molecular complexity index is 1880. The Labute approximate surface area is 267 Å². The van der Waals surface area contributed by atoms with Gasteiger partial charge in [0.2, 0.25) is 5.91 Å². The number of amides is 2. The second-order valence-corrected chi connectivity index (χ2v) is 13.8. The van der Waals surface area contributed by atoms with E-state index in [1.54, 1.807) is 18.5 Å². The van der Waals surface area contributed by atoms with Crippen LogP contribution in [-0.4, -0.2) is 78.0 Å². The Morgan fingerprint density at radius 3 is 2.53 bits per heavy atom. The highest BCUT2D eigenvalue weighted by Gasteiger charge is 2.42. The average molecular weight is 641 g/mol. The van der Waals surface area contributed by atoms with Crippen LogP contribution in [0.5, 0.6) is 0 Å². The van der Waals surface area contributed by atoms with Gasteiger partial charge in [0.05, 0.1) is 28.7 Å². The molecular weight excluding hydrogens is 609 g/mol. The van der Waals surface area contributed by atoms with Crippen molar-refractivity contribution in [1.29, 1.82) is 0 Å². The van der Waals surface area contributed by atoms with E-state index in [4.69, 9.17) is 0 Å². The van der Waals surface area contributed by atoms with Crippen molar-refractivity contribution in [2.45, 2.75) is 37.3 Å². The Balaban J connectivity index is 1.04. The maximum Gasteiger partial charge on any atom is 0.263 e. The zero-order valence-electron chi connectivity index (χ0n) is 24.5. The van der Waals surface area contributed by atoms with E-state index in [9.17, 15) is 19.5 Å². The lowest BCUT2D eigenvalue weighted by Gasteiger charge is -2.43. The Morgan fingerprint density at radius 1 is 0.978 bits per heavy atom. The van der Waals surface area contributed by atoms with Crippen LogP contribution in [0.4, 0.5) is 0 Å². The largest absolute Gasteiger partial charge is 0.388 e. The minimum atomic E-state index is -1.11. The maximum atomic E-state index is 14.1. The molecule has 0 spiro atoms. The molecule has 6 heterocycles. The summed E-state index contributed by atoms with van der Waals surface area (Å²) < 4.78 is 1.48. The smallest absolute Gasteiger partial charge is 0.263 e. The van der Waals surface area contributed by atoms with E-state index in [0.29, 0.717) is 60.5 Å². The second-order valence-electron chi connectivity index (χ2n) is 11.8. The summed E-state index contributed by atoms with van der Waals surface area (Å²) in [5.74, 6) is -0.417. The van der Waals surface area contributed by atoms with Gasteiger partial charge in [-0.2, -0.15) is 0 Å². The lowest BCUT2D eigenvalue weighted by atomic mass is 9.79. The molecular formula is C33H32N6O4S2. The summed E-state index contributed by atoms with van der Waals surface area (Å²) in [6.07, 6.45) is 7.74. The van der Waals surface area contributed by atoms with Crippen molar-refractivity contribution in [3.8, 4) is 10.4 Å². The van der Waals surface area contributed by atoms with Crippen molar-refractivity contribution >= 4 is 44.7 Å². The SMILES string of the molecule is O=C(c1ccc(-c2cncnc2)s1)N1CC[C@@H](C(=O)N2CCC(O)(Cn3cnc4sccc4c3=O)CC2)[C@H](c2ccccc2)C1. The monoisotopic (exact) mass is 640 g/mol. The number of piperidine rings is 2. The molecule has 12 heteroatoms. The first kappa shape index (κ1) is 29.5. The highest BCUT2D eigenvalue weighted by molar-refractivity contribution is 7.17. The number of rotatable bonds is 6. The molecule has 2 saturated heterocycles. The molecule has 4 aromatic heterocycles. The molecule has 2 fully saturated rings. The third-order valence-corrected chi connectivity index (χ3v) is 11.0. The van der Waals surface area contributed by atoms with Gasteiger partial charge in [0, 0.05) is 60.8 Å². The number of benzene rings is 1. The Kier molecular flexibility index (Phi) is 8.03. The van der Waals surface area contributed by atoms with Gasteiger partial charge in [-0.3, -0.25) is 19.0 Å². The molecule has 2 amide bonds. The number of fused-ring (bicyclic) bond motifs is 1. The third kappa shape index (κ3) is 5.92. The summed E-state index contributed by atoms with van der Waals surface area (Å²) in [6.45, 7) is 1.88. The molecule has 0 radical (unpaired) electrons. The van der Waals surface area contributed by atoms with Gasteiger partial charge in [-0.1, -0.05) is 30.3 Å². The molecule has 2 aliphatic rings. The van der Waals surface area contributed by atoms with Crippen molar-refractivity contribution in [3.63, 3.8) is 0 Å². The molecule has 7 rings (SSSR count). The Hall–Kier alpha value is -4.26. The standard InChI is InChI=1S/C33H32N6O4S2/c40-30(37-13-10-33(43,11-14-37)19-39-21-36-29-25(31(39)41)9-15-44-29)24-8-12-38(18-26(24)22-4-2-1-3-5-22)32(42)28-7-6-27(45-28)23-16-34-20-35-17-23/h1-7,9,15-17,20-21,24,26,43H,8,10-14,18-19H2/t24-,26+/m1/s1. The van der Waals surface area contributed by atoms with Gasteiger partial charge in [0.25, 0.3) is 11.5 Å². The van der Waals surface area contributed by atoms with Crippen molar-refractivity contribution in [3.05, 3.63) is 99.8 Å². The highest BCUT2D eigenvalue weighted by atomic mass is 32.1. The minimum Gasteiger partial charge on any atom is -0.388 e. The van der Waals surface area contributed by atoms with Crippen LogP contribution in [0.15, 0.2) is 83.8 Å². The van der Waals surface area contributed by atoms with Crippen LogP contribution in [0.1, 0.15) is 40.4 Å². The fourth-order valence-electron chi connectivity index (χ4n) is 6.52. The van der Waals surface area contributed by atoms with E-state index in [1.807, 2.05) is 57.6 Å². The number of aromatic nitrogens is 4. The fraction of sp³-hybridized carbons (Fsp3) is 0.333. The third-order valence-electron chi connectivity index (χ3n) is 9.03. The molecule has 1 N–H and O–H groups in total. The molecule has 5 aromatic rings. The van der Waals surface area contributed by atoms with Crippen molar-refractivity contribution in [2.75, 3.05) is 26.2 Å². The van der Waals surface area contributed by atoms with Crippen LogP contribution in [0.25, 0.3) is 20.7 Å². The predicted molar refractivity (Wildman–Crippen MR) is 173 cm³/mol. The molecule has 0 saturated carbocycles. The first-order valence-electron chi connectivity index (χ1n) is 15.0. The van der Waals surface area contributed by atoms with Crippen molar-refractivity contribution < 1.29 is 14.7 Å². The molecule has 230 valence electrons. The molecule has 0 unspecified atom stereocenters. The molecule has 0 aliphatic carbocycles. The summed E-state index contributed by atoms with van der Waals surface area (Å²) in [6, 6.07) is 15.5. The van der Waals surface area contributed by atoms with E-state index in [1.165, 1.54) is 39.9 Å². The number of thiophene rings is 2. The summed E-state index contributed by atoms with van der Waals surface area (Å²) in [4.78, 5) is 59.1. The number of likely N-dealkylation sites (tertiary alicyclic amines) is 2. The fourth-order valence-corrected chi connectivity index (χ4v) is 8.19. The van der Waals surface area contributed by atoms with E-state index in [2.05, 4.69) is 15.0 Å². The van der Waals surface area contributed by atoms with Crippen LogP contribution < -0.4 is 5.56 Å². The molecule has 2 aliphatic heterocycles. The first-order chi connectivity index (χ1) is 21.9. The number of hydrogen-bond acceptors (Lipinski definition) is 9. The molecule has 45 heavy (non-hydrogen) atoms. The molecule has 2 atom stereocenters. The van der Waals surface area contributed by atoms with Gasteiger partial charge in [0.1, 0.15) is 11.2 Å². The summed E-state index contributed by atoms with van der Waals surface area (Å²) in [5.41, 5.74) is 0.638. The number of hydrogen-bond donors (Lipinski definition) is 1. The van der Waals surface area contributed by atoms with Crippen molar-refractivity contribution in [2.24, 2.45) is 5.92 Å². The van der Waals surface area contributed by atoms with Gasteiger partial charge >= 0.3 is 0 Å². The van der Waals surface area contributed by atoms with Gasteiger partial charge < -0.3 is 14.9 Å². The number of carbonyl (C=O) groups excluding carboxylic acids is 2. The van der Waals surface area contributed by atoms with Crippen molar-refractivity contribution in [1.82, 2.24) is 29.3 Å². The predicted octanol–water partition coefficient (Wildman–Crippen LogP) is 4.28. The molecule has 0 bridgehead atoms. The van der Waals surface area contributed by atoms with Gasteiger partial charge in [-0.15, -0.1) is 22.7 Å². The summed E-state index contributed by atoms with van der Waals surface area (Å²) in [5, 5.41) is 13.8. The molecule has 1 aromatic carbocycles. The van der Waals surface area contributed by atoms with Crippen LogP contribution in [0.3, 0.4) is 0 Å². The summed E-state index contributed by atoms with van der Waals surface area (Å²) >= 11 is 2.84. The van der Waals surface area contributed by atoms with Gasteiger partial charge in [0.15, 0.2) is 0 Å². The zero-order chi connectivity index (χ0) is 31.0. The van der Waals surface area contributed by atoms with Crippen LogP contribution in [-0.2, 0) is 11.3 Å². The van der Waals surface area contributed by atoms with Crippen LogP contribution in [0.2, 0.25) is 0 Å². The quantitative estimate of drug-likeness (QED) is 0.294. The van der Waals surface area contributed by atoms with Gasteiger partial charge in [-0.05, 0) is 48.4 Å². The molecule has 10 nitrogen and oxygen atoms in total. The number of carbonyl (C=O) groups is 2. The van der Waals surface area contributed by atoms with E-state index < -0.39 is 5.60 Å². The van der Waals surface area contributed by atoms with E-state index in [-0.39, 0.29) is 35.8 Å². The van der Waals surface area contributed by atoms with E-state index in [0.717, 1.165) is 16.0 Å². The van der Waals surface area contributed by atoms with Crippen LogP contribution in [0, 0.1) is 5.92 Å². The Morgan fingerprint density at radius 2 is 1.76 bits per heavy atom. The zero-order valence-corrected chi connectivity index (χ0v) is 26.1. The lowest BCUT2D eigenvalue weighted by molar-refractivity contribution is -0.142. The maximum absolute atomic E-state index is 14.1. The topological polar surface area (TPSA) is 122 Å². The first-order valence-corrected chi connectivity index (χ1v) is 16.7. The lowest BCUT2D eigenvalue weighted by Crippen LogP contribution is -2.53. The van der Waals surface area contributed by atoms with E-state index >= 15 is 0 Å². The minimum absolute atomic E-state index is 0.0386.